The summed E-state index contributed by atoms with van der Waals surface area (Å²) < 4.78 is 1.37. The van der Waals surface area contributed by atoms with Crippen molar-refractivity contribution in [1.82, 2.24) is 5.32 Å². The van der Waals surface area contributed by atoms with Crippen molar-refractivity contribution in [2.24, 2.45) is 5.92 Å². The van der Waals surface area contributed by atoms with Crippen molar-refractivity contribution < 1.29 is 4.48 Å². The van der Waals surface area contributed by atoms with Crippen LogP contribution in [0.4, 0.5) is 0 Å². The van der Waals surface area contributed by atoms with Gasteiger partial charge in [-0.05, 0) is 65.0 Å². The maximum atomic E-state index is 3.52. The fourth-order valence-electron chi connectivity index (χ4n) is 5.29. The Balaban J connectivity index is 1.93. The zero-order chi connectivity index (χ0) is 21.0. The predicted molar refractivity (Wildman–Crippen MR) is 132 cm³/mol. The highest BCUT2D eigenvalue weighted by atomic mass is 15.3. The lowest BCUT2D eigenvalue weighted by Crippen LogP contribution is -2.49. The summed E-state index contributed by atoms with van der Waals surface area (Å²) in [5.41, 5.74) is 0. The quantitative estimate of drug-likeness (QED) is 0.151. The number of unbranched alkanes of at least 4 members (excludes halogenated alkanes) is 13. The van der Waals surface area contributed by atoms with Gasteiger partial charge in [-0.15, -0.1) is 0 Å². The fourth-order valence-corrected chi connectivity index (χ4v) is 5.29. The van der Waals surface area contributed by atoms with E-state index < -0.39 is 0 Å². The van der Waals surface area contributed by atoms with Gasteiger partial charge in [-0.3, -0.25) is 0 Å². The van der Waals surface area contributed by atoms with Crippen molar-refractivity contribution in [1.29, 1.82) is 0 Å². The third-order valence-corrected chi connectivity index (χ3v) is 7.73. The van der Waals surface area contributed by atoms with E-state index in [4.69, 9.17) is 0 Å². The van der Waals surface area contributed by atoms with E-state index in [1.807, 2.05) is 0 Å². The van der Waals surface area contributed by atoms with Crippen LogP contribution in [0.5, 0.6) is 0 Å². The smallest absolute Gasteiger partial charge is 0.0786 e. The number of hydrogen-bond donors (Lipinski definition) is 1. The third kappa shape index (κ3) is 13.8. The zero-order valence-corrected chi connectivity index (χ0v) is 20.8. The Morgan fingerprint density at radius 1 is 0.621 bits per heavy atom. The van der Waals surface area contributed by atoms with Crippen molar-refractivity contribution in [3.8, 4) is 0 Å². The molecular formula is C27H57N2+. The van der Waals surface area contributed by atoms with Gasteiger partial charge < -0.3 is 9.80 Å². The molecule has 174 valence electrons. The molecule has 1 heterocycles. The van der Waals surface area contributed by atoms with Gasteiger partial charge in [-0.25, -0.2) is 0 Å². The molecule has 1 N–H and O–H groups in total. The molecular weight excluding hydrogens is 352 g/mol. The average molecular weight is 410 g/mol. The number of hydrogen-bond acceptors (Lipinski definition) is 1. The maximum Gasteiger partial charge on any atom is 0.0786 e. The lowest BCUT2D eigenvalue weighted by atomic mass is 10.0. The van der Waals surface area contributed by atoms with Crippen molar-refractivity contribution in [2.45, 2.75) is 130 Å². The fraction of sp³-hybridized carbons (Fsp3) is 1.00. The highest BCUT2D eigenvalue weighted by molar-refractivity contribution is 4.70. The van der Waals surface area contributed by atoms with E-state index in [9.17, 15) is 0 Å². The first-order valence-electron chi connectivity index (χ1n) is 13.8. The number of nitrogens with zero attached hydrogens (tertiary/aromatic N) is 1. The molecule has 0 bridgehead atoms. The standard InChI is InChI=1S/C27H57N2/c1-4-7-8-9-10-11-12-13-14-15-16-17-18-19-24-29(5-2,6-3)25-20-21-27-22-23-28-26-27/h27-28H,4-26H2,1-3H3/q+1. The van der Waals surface area contributed by atoms with Crippen LogP contribution in [0.3, 0.4) is 0 Å². The molecule has 1 unspecified atom stereocenters. The van der Waals surface area contributed by atoms with Crippen molar-refractivity contribution in [3.05, 3.63) is 0 Å². The molecule has 1 atom stereocenters. The molecule has 0 aliphatic carbocycles. The van der Waals surface area contributed by atoms with E-state index in [2.05, 4.69) is 26.1 Å². The van der Waals surface area contributed by atoms with Gasteiger partial charge in [0, 0.05) is 0 Å². The van der Waals surface area contributed by atoms with Gasteiger partial charge >= 0.3 is 0 Å². The van der Waals surface area contributed by atoms with Crippen LogP contribution in [0.25, 0.3) is 0 Å². The molecule has 0 aromatic carbocycles. The zero-order valence-electron chi connectivity index (χ0n) is 20.8. The van der Waals surface area contributed by atoms with E-state index >= 15 is 0 Å². The predicted octanol–water partition coefficient (Wildman–Crippen LogP) is 7.71. The van der Waals surface area contributed by atoms with Crippen LogP contribution in [-0.2, 0) is 0 Å². The van der Waals surface area contributed by atoms with E-state index in [0.29, 0.717) is 0 Å². The van der Waals surface area contributed by atoms with E-state index in [-0.39, 0.29) is 0 Å². The number of quaternary nitrogens is 1. The summed E-state index contributed by atoms with van der Waals surface area (Å²) in [5, 5.41) is 3.52. The molecule has 1 fully saturated rings. The largest absolute Gasteiger partial charge is 0.324 e. The molecule has 29 heavy (non-hydrogen) atoms. The lowest BCUT2D eigenvalue weighted by Gasteiger charge is -2.37. The Hall–Kier alpha value is -0.0800. The van der Waals surface area contributed by atoms with Crippen molar-refractivity contribution in [3.63, 3.8) is 0 Å². The summed E-state index contributed by atoms with van der Waals surface area (Å²) in [6, 6.07) is 0. The molecule has 1 saturated heterocycles. The summed E-state index contributed by atoms with van der Waals surface area (Å²) in [7, 11) is 0. The van der Waals surface area contributed by atoms with Crippen LogP contribution in [0.15, 0.2) is 0 Å². The second kappa shape index (κ2) is 18.7. The van der Waals surface area contributed by atoms with Gasteiger partial charge in [0.25, 0.3) is 0 Å². The minimum absolute atomic E-state index is 0.965. The van der Waals surface area contributed by atoms with Crippen LogP contribution >= 0.6 is 0 Å². The van der Waals surface area contributed by atoms with Crippen molar-refractivity contribution in [2.75, 3.05) is 39.3 Å². The highest BCUT2D eigenvalue weighted by Gasteiger charge is 2.23. The van der Waals surface area contributed by atoms with Crippen LogP contribution in [0, 0.1) is 5.92 Å². The SMILES string of the molecule is CCCCCCCCCCCCCCCC[N+](CC)(CC)CCCC1CCNC1. The summed E-state index contributed by atoms with van der Waals surface area (Å²) in [5.74, 6) is 0.965. The monoisotopic (exact) mass is 409 g/mol. The van der Waals surface area contributed by atoms with Gasteiger partial charge in [-0.1, -0.05) is 84.0 Å². The molecule has 2 nitrogen and oxygen atoms in total. The molecule has 0 aromatic rings. The minimum Gasteiger partial charge on any atom is -0.324 e. The highest BCUT2D eigenvalue weighted by Crippen LogP contribution is 2.19. The summed E-state index contributed by atoms with van der Waals surface area (Å²) >= 11 is 0. The Labute approximate surface area is 185 Å². The van der Waals surface area contributed by atoms with E-state index in [1.54, 1.807) is 0 Å². The first-order valence-corrected chi connectivity index (χ1v) is 13.8. The van der Waals surface area contributed by atoms with E-state index in [0.717, 1.165) is 5.92 Å². The van der Waals surface area contributed by atoms with Crippen LogP contribution in [0.2, 0.25) is 0 Å². The molecule has 0 radical (unpaired) electrons. The first-order chi connectivity index (χ1) is 14.3. The average Bonchev–Trinajstić information content (AvgIpc) is 3.26. The third-order valence-electron chi connectivity index (χ3n) is 7.73. The lowest BCUT2D eigenvalue weighted by molar-refractivity contribution is -0.925. The Morgan fingerprint density at radius 2 is 1.10 bits per heavy atom. The first kappa shape index (κ1) is 27.0. The molecule has 1 rings (SSSR count). The molecule has 1 aliphatic rings. The minimum atomic E-state index is 0.965. The van der Waals surface area contributed by atoms with Gasteiger partial charge in [0.15, 0.2) is 0 Å². The maximum absolute atomic E-state index is 3.52. The molecule has 0 aromatic heterocycles. The molecule has 2 heteroatoms. The molecule has 0 spiro atoms. The summed E-state index contributed by atoms with van der Waals surface area (Å²) in [6.45, 7) is 15.2. The van der Waals surface area contributed by atoms with Crippen LogP contribution in [-0.4, -0.2) is 43.8 Å². The number of nitrogens with one attached hydrogen (secondary N) is 1. The Morgan fingerprint density at radius 3 is 1.55 bits per heavy atom. The van der Waals surface area contributed by atoms with E-state index in [1.165, 1.54) is 153 Å². The van der Waals surface area contributed by atoms with Gasteiger partial charge in [-0.2, -0.15) is 0 Å². The molecule has 0 amide bonds. The Bertz CT molecular complexity index is 331. The topological polar surface area (TPSA) is 12.0 Å². The number of rotatable bonds is 21. The second-order valence-electron chi connectivity index (χ2n) is 10.0. The van der Waals surface area contributed by atoms with Gasteiger partial charge in [0.2, 0.25) is 0 Å². The second-order valence-corrected chi connectivity index (χ2v) is 10.0. The van der Waals surface area contributed by atoms with Crippen LogP contribution < -0.4 is 5.32 Å². The van der Waals surface area contributed by atoms with Crippen LogP contribution in [0.1, 0.15) is 130 Å². The normalized spacial score (nSPS) is 17.3. The molecule has 0 saturated carbocycles. The molecule has 1 aliphatic heterocycles. The van der Waals surface area contributed by atoms with Gasteiger partial charge in [0.1, 0.15) is 0 Å². The summed E-state index contributed by atoms with van der Waals surface area (Å²) in [4.78, 5) is 0. The van der Waals surface area contributed by atoms with Crippen molar-refractivity contribution >= 4 is 0 Å². The summed E-state index contributed by atoms with van der Waals surface area (Å²) in [6.07, 6.45) is 24.8. The van der Waals surface area contributed by atoms with Gasteiger partial charge in [0.05, 0.1) is 26.2 Å². The Kier molecular flexibility index (Phi) is 17.4.